The van der Waals surface area contributed by atoms with E-state index in [0.29, 0.717) is 18.8 Å². The first-order valence-electron chi connectivity index (χ1n) is 8.74. The van der Waals surface area contributed by atoms with E-state index in [1.54, 1.807) is 4.90 Å². The summed E-state index contributed by atoms with van der Waals surface area (Å²) in [5, 5.41) is 6.82. The fourth-order valence-corrected chi connectivity index (χ4v) is 3.02. The van der Waals surface area contributed by atoms with Gasteiger partial charge < -0.3 is 9.42 Å². The van der Waals surface area contributed by atoms with Crippen LogP contribution >= 0.6 is 0 Å². The van der Waals surface area contributed by atoms with Gasteiger partial charge in [0, 0.05) is 37.1 Å². The minimum atomic E-state index is -0.170. The van der Waals surface area contributed by atoms with E-state index >= 15 is 0 Å². The van der Waals surface area contributed by atoms with Crippen LogP contribution in [0.5, 0.6) is 0 Å². The molecule has 2 heterocycles. The van der Waals surface area contributed by atoms with Crippen LogP contribution in [0.2, 0.25) is 0 Å². The van der Waals surface area contributed by atoms with Crippen LogP contribution in [0.15, 0.2) is 34.9 Å². The molecule has 0 saturated carbocycles. The Bertz CT molecular complexity index is 740. The maximum Gasteiger partial charge on any atom is 0.234 e. The van der Waals surface area contributed by atoms with Crippen molar-refractivity contribution in [2.45, 2.75) is 39.0 Å². The van der Waals surface area contributed by atoms with E-state index in [0.717, 1.165) is 42.6 Å². The Morgan fingerprint density at radius 3 is 2.84 bits per heavy atom. The molecular weight excluding hydrogens is 318 g/mol. The molecule has 6 heteroatoms. The fraction of sp³-hybridized carbons (Fsp3) is 0.421. The van der Waals surface area contributed by atoms with Crippen LogP contribution < -0.4 is 5.32 Å². The van der Waals surface area contributed by atoms with Crippen LogP contribution in [-0.2, 0) is 9.59 Å². The summed E-state index contributed by atoms with van der Waals surface area (Å²) < 4.78 is 5.29. The third kappa shape index (κ3) is 4.26. The second kappa shape index (κ2) is 7.96. The van der Waals surface area contributed by atoms with Crippen molar-refractivity contribution in [3.63, 3.8) is 0 Å². The summed E-state index contributed by atoms with van der Waals surface area (Å²) in [4.78, 5) is 26.0. The van der Waals surface area contributed by atoms with E-state index in [4.69, 9.17) is 4.52 Å². The van der Waals surface area contributed by atoms with E-state index in [1.807, 2.05) is 37.3 Å². The van der Waals surface area contributed by atoms with Gasteiger partial charge in [-0.15, -0.1) is 0 Å². The molecule has 1 aromatic heterocycles. The predicted molar refractivity (Wildman–Crippen MR) is 95.0 cm³/mol. The van der Waals surface area contributed by atoms with Crippen LogP contribution in [-0.4, -0.2) is 35.0 Å². The van der Waals surface area contributed by atoms with Gasteiger partial charge in [-0.2, -0.15) is 0 Å². The van der Waals surface area contributed by atoms with Gasteiger partial charge in [-0.1, -0.05) is 41.9 Å². The maximum absolute atomic E-state index is 12.2. The number of rotatable bonds is 5. The summed E-state index contributed by atoms with van der Waals surface area (Å²) in [6.45, 7) is 3.06. The van der Waals surface area contributed by atoms with E-state index in [-0.39, 0.29) is 18.2 Å². The largest absolute Gasteiger partial charge is 0.342 e. The van der Waals surface area contributed by atoms with Gasteiger partial charge in [-0.25, -0.2) is 0 Å². The zero-order valence-electron chi connectivity index (χ0n) is 14.5. The molecule has 1 saturated heterocycles. The summed E-state index contributed by atoms with van der Waals surface area (Å²) in [6, 6.07) is 9.69. The fourth-order valence-electron chi connectivity index (χ4n) is 3.02. The van der Waals surface area contributed by atoms with Gasteiger partial charge in [0.2, 0.25) is 17.7 Å². The van der Waals surface area contributed by atoms with E-state index < -0.39 is 0 Å². The van der Waals surface area contributed by atoms with Crippen molar-refractivity contribution >= 4 is 17.7 Å². The van der Waals surface area contributed by atoms with Crippen molar-refractivity contribution in [1.82, 2.24) is 10.1 Å². The van der Waals surface area contributed by atoms with E-state index in [9.17, 15) is 9.59 Å². The van der Waals surface area contributed by atoms with Gasteiger partial charge >= 0.3 is 0 Å². The molecule has 2 aromatic rings. The van der Waals surface area contributed by atoms with Gasteiger partial charge in [0.05, 0.1) is 0 Å². The first kappa shape index (κ1) is 17.2. The highest BCUT2D eigenvalue weighted by Gasteiger charge is 2.19. The lowest BCUT2D eigenvalue weighted by Crippen LogP contribution is -2.33. The number of hydrogen-bond donors (Lipinski definition) is 1. The summed E-state index contributed by atoms with van der Waals surface area (Å²) in [5.74, 6) is 0.342. The number of carbonyl (C=O) groups is 2. The minimum Gasteiger partial charge on any atom is -0.342 e. The van der Waals surface area contributed by atoms with E-state index in [1.165, 1.54) is 0 Å². The summed E-state index contributed by atoms with van der Waals surface area (Å²) in [5.41, 5.74) is 2.46. The minimum absolute atomic E-state index is 0.146. The van der Waals surface area contributed by atoms with Gasteiger partial charge in [-0.05, 0) is 19.8 Å². The quantitative estimate of drug-likeness (QED) is 0.904. The number of nitrogens with zero attached hydrogens (tertiary/aromatic N) is 2. The van der Waals surface area contributed by atoms with Crippen LogP contribution in [0.4, 0.5) is 5.88 Å². The average Bonchev–Trinajstić information content (AvgIpc) is 2.85. The second-order valence-electron chi connectivity index (χ2n) is 6.34. The molecule has 2 amide bonds. The van der Waals surface area contributed by atoms with Gasteiger partial charge in [-0.3, -0.25) is 14.9 Å². The van der Waals surface area contributed by atoms with Crippen LogP contribution in [0.1, 0.15) is 37.7 Å². The molecule has 25 heavy (non-hydrogen) atoms. The molecule has 6 nitrogen and oxygen atoms in total. The molecule has 132 valence electrons. The van der Waals surface area contributed by atoms with E-state index in [2.05, 4.69) is 10.5 Å². The SMILES string of the molecule is Cc1c(-c2ccccc2)noc1NC(=O)CCN1CCCCCC1=O. The summed E-state index contributed by atoms with van der Waals surface area (Å²) >= 11 is 0. The average molecular weight is 341 g/mol. The molecule has 1 aliphatic rings. The predicted octanol–water partition coefficient (Wildman–Crippen LogP) is 3.38. The van der Waals surface area contributed by atoms with Gasteiger partial charge in [0.25, 0.3) is 0 Å². The Hall–Kier alpha value is -2.63. The Kier molecular flexibility index (Phi) is 5.48. The Balaban J connectivity index is 1.58. The Morgan fingerprint density at radius 1 is 1.24 bits per heavy atom. The monoisotopic (exact) mass is 341 g/mol. The number of carbonyl (C=O) groups excluding carboxylic acids is 2. The zero-order valence-corrected chi connectivity index (χ0v) is 14.5. The second-order valence-corrected chi connectivity index (χ2v) is 6.34. The standard InChI is InChI=1S/C19H23N3O3/c1-14-18(15-8-4-2-5-9-15)21-25-19(14)20-16(23)11-13-22-12-7-3-6-10-17(22)24/h2,4-5,8-9H,3,6-7,10-13H2,1H3,(H,20,23). The third-order valence-electron chi connectivity index (χ3n) is 4.50. The lowest BCUT2D eigenvalue weighted by molar-refractivity contribution is -0.131. The smallest absolute Gasteiger partial charge is 0.234 e. The molecule has 0 unspecified atom stereocenters. The van der Waals surface area contributed by atoms with Crippen molar-refractivity contribution in [2.75, 3.05) is 18.4 Å². The third-order valence-corrected chi connectivity index (χ3v) is 4.50. The summed E-state index contributed by atoms with van der Waals surface area (Å²) in [7, 11) is 0. The number of likely N-dealkylation sites (tertiary alicyclic amines) is 1. The first-order valence-corrected chi connectivity index (χ1v) is 8.74. The highest BCUT2D eigenvalue weighted by molar-refractivity contribution is 5.91. The summed E-state index contributed by atoms with van der Waals surface area (Å²) in [6.07, 6.45) is 3.87. The van der Waals surface area contributed by atoms with Crippen LogP contribution in [0, 0.1) is 6.92 Å². The molecule has 0 bridgehead atoms. The Morgan fingerprint density at radius 2 is 2.04 bits per heavy atom. The van der Waals surface area contributed by atoms with Crippen molar-refractivity contribution < 1.29 is 14.1 Å². The Labute approximate surface area is 147 Å². The lowest BCUT2D eigenvalue weighted by Gasteiger charge is -2.19. The van der Waals surface area contributed by atoms with Crippen LogP contribution in [0.25, 0.3) is 11.3 Å². The maximum atomic E-state index is 12.2. The number of benzene rings is 1. The molecule has 1 aromatic carbocycles. The molecule has 1 N–H and O–H groups in total. The van der Waals surface area contributed by atoms with Crippen molar-refractivity contribution in [3.05, 3.63) is 35.9 Å². The van der Waals surface area contributed by atoms with Crippen molar-refractivity contribution in [1.29, 1.82) is 0 Å². The first-order chi connectivity index (χ1) is 12.1. The number of aromatic nitrogens is 1. The number of nitrogens with one attached hydrogen (secondary N) is 1. The number of amides is 2. The topological polar surface area (TPSA) is 75.4 Å². The van der Waals surface area contributed by atoms with Crippen molar-refractivity contribution in [3.8, 4) is 11.3 Å². The molecule has 3 rings (SSSR count). The number of anilines is 1. The normalized spacial score (nSPS) is 15.1. The number of hydrogen-bond acceptors (Lipinski definition) is 4. The molecule has 0 radical (unpaired) electrons. The molecule has 1 fully saturated rings. The highest BCUT2D eigenvalue weighted by Crippen LogP contribution is 2.27. The lowest BCUT2D eigenvalue weighted by atomic mass is 10.1. The van der Waals surface area contributed by atoms with Gasteiger partial charge in [0.15, 0.2) is 0 Å². The molecule has 0 atom stereocenters. The van der Waals surface area contributed by atoms with Crippen LogP contribution in [0.3, 0.4) is 0 Å². The highest BCUT2D eigenvalue weighted by atomic mass is 16.5. The molecule has 0 spiro atoms. The molecule has 0 aliphatic carbocycles. The molecular formula is C19H23N3O3. The zero-order chi connectivity index (χ0) is 17.6. The van der Waals surface area contributed by atoms with Gasteiger partial charge in [0.1, 0.15) is 5.69 Å². The molecule has 1 aliphatic heterocycles. The van der Waals surface area contributed by atoms with Crippen molar-refractivity contribution in [2.24, 2.45) is 0 Å².